The number of hydrogen-bond acceptors (Lipinski definition) is 3. The van der Waals surface area contributed by atoms with Gasteiger partial charge in [-0.05, 0) is 12.8 Å². The van der Waals surface area contributed by atoms with Gasteiger partial charge < -0.3 is 5.32 Å². The van der Waals surface area contributed by atoms with Crippen molar-refractivity contribution in [3.63, 3.8) is 0 Å². The molecule has 0 amide bonds. The molecule has 2 atom stereocenters. The van der Waals surface area contributed by atoms with E-state index in [-0.39, 0.29) is 0 Å². The van der Waals surface area contributed by atoms with Crippen molar-refractivity contribution in [2.45, 2.75) is 24.9 Å². The molecule has 2 bridgehead atoms. The van der Waals surface area contributed by atoms with Crippen LogP contribution >= 0.6 is 0 Å². The van der Waals surface area contributed by atoms with E-state index in [9.17, 15) is 4.91 Å². The second-order valence-electron chi connectivity index (χ2n) is 3.09. The molecule has 0 saturated carbocycles. The lowest BCUT2D eigenvalue weighted by Crippen LogP contribution is -2.48. The summed E-state index contributed by atoms with van der Waals surface area (Å²) in [6, 6.07) is 1.05. The molecule has 0 spiro atoms. The average molecular weight is 141 g/mol. The lowest BCUT2D eigenvalue weighted by Gasteiger charge is -2.27. The van der Waals surface area contributed by atoms with Crippen LogP contribution in [0.1, 0.15) is 12.8 Å². The number of nitrogens with one attached hydrogen (secondary N) is 1. The number of fused-ring (bicyclic) bond motifs is 2. The second-order valence-corrected chi connectivity index (χ2v) is 3.09. The van der Waals surface area contributed by atoms with Crippen LogP contribution in [-0.4, -0.2) is 30.2 Å². The molecule has 1 N–H and O–H groups in total. The van der Waals surface area contributed by atoms with Crippen LogP contribution in [0.3, 0.4) is 0 Å². The third-order valence-electron chi connectivity index (χ3n) is 2.31. The molecule has 2 saturated heterocycles. The van der Waals surface area contributed by atoms with Gasteiger partial charge in [-0.3, -0.25) is 5.01 Å². The van der Waals surface area contributed by atoms with E-state index in [2.05, 4.69) is 10.6 Å². The van der Waals surface area contributed by atoms with Crippen molar-refractivity contribution >= 4 is 0 Å². The Hall–Kier alpha value is -0.640. The Morgan fingerprint density at radius 1 is 1.30 bits per heavy atom. The van der Waals surface area contributed by atoms with Crippen molar-refractivity contribution in [1.82, 2.24) is 10.3 Å². The van der Waals surface area contributed by atoms with Gasteiger partial charge in [0.25, 0.3) is 0 Å². The molecule has 0 aromatic carbocycles. The zero-order chi connectivity index (χ0) is 6.97. The lowest BCUT2D eigenvalue weighted by atomic mass is 10.2. The molecule has 2 fully saturated rings. The van der Waals surface area contributed by atoms with Gasteiger partial charge in [0.2, 0.25) is 0 Å². The summed E-state index contributed by atoms with van der Waals surface area (Å²) in [4.78, 5) is 10.1. The van der Waals surface area contributed by atoms with Gasteiger partial charge in [-0.15, -0.1) is 4.91 Å². The molecule has 10 heavy (non-hydrogen) atoms. The molecular formula is C6H11N3O. The summed E-state index contributed by atoms with van der Waals surface area (Å²) >= 11 is 0. The minimum atomic E-state index is 0.524. The standard InChI is InChI=1S/C6H11N3O/c10-8-9-3-5-1-2-6(4-9)7-5/h5-7H,1-4H2. The summed E-state index contributed by atoms with van der Waals surface area (Å²) in [5.74, 6) is 0. The second kappa shape index (κ2) is 2.20. The number of piperazine rings is 1. The van der Waals surface area contributed by atoms with Gasteiger partial charge in [-0.25, -0.2) is 0 Å². The Labute approximate surface area is 59.5 Å². The molecule has 2 rings (SSSR count). The van der Waals surface area contributed by atoms with Crippen molar-refractivity contribution in [3.8, 4) is 0 Å². The lowest BCUT2D eigenvalue weighted by molar-refractivity contribution is 0.201. The van der Waals surface area contributed by atoms with Gasteiger partial charge in [0.15, 0.2) is 0 Å². The molecule has 2 aliphatic rings. The Balaban J connectivity index is 2.02. The van der Waals surface area contributed by atoms with Crippen LogP contribution in [0.4, 0.5) is 0 Å². The summed E-state index contributed by atoms with van der Waals surface area (Å²) in [6.07, 6.45) is 2.41. The van der Waals surface area contributed by atoms with Crippen LogP contribution in [0.5, 0.6) is 0 Å². The molecule has 2 heterocycles. The zero-order valence-corrected chi connectivity index (χ0v) is 5.79. The molecule has 2 unspecified atom stereocenters. The molecule has 0 aromatic rings. The average Bonchev–Trinajstić information content (AvgIpc) is 2.30. The SMILES string of the molecule is O=NN1CC2CCC(C1)N2. The number of nitrogens with zero attached hydrogens (tertiary/aromatic N) is 2. The Morgan fingerprint density at radius 3 is 2.40 bits per heavy atom. The number of nitroso groups, excluding NO2 is 1. The van der Waals surface area contributed by atoms with Crippen molar-refractivity contribution in [1.29, 1.82) is 0 Å². The van der Waals surface area contributed by atoms with Gasteiger partial charge >= 0.3 is 0 Å². The maximum atomic E-state index is 10.1. The summed E-state index contributed by atoms with van der Waals surface area (Å²) in [6.45, 7) is 1.61. The summed E-state index contributed by atoms with van der Waals surface area (Å²) < 4.78 is 0. The van der Waals surface area contributed by atoms with E-state index in [0.29, 0.717) is 12.1 Å². The maximum absolute atomic E-state index is 10.1. The highest BCUT2D eigenvalue weighted by molar-refractivity contribution is 4.91. The quantitative estimate of drug-likeness (QED) is 0.527. The minimum Gasteiger partial charge on any atom is -0.308 e. The molecule has 0 aromatic heterocycles. The predicted molar refractivity (Wildman–Crippen MR) is 37.3 cm³/mol. The van der Waals surface area contributed by atoms with Crippen molar-refractivity contribution in [3.05, 3.63) is 4.91 Å². The van der Waals surface area contributed by atoms with Gasteiger partial charge in [0.1, 0.15) is 0 Å². The molecule has 0 aliphatic carbocycles. The largest absolute Gasteiger partial charge is 0.308 e. The third kappa shape index (κ3) is 0.883. The highest BCUT2D eigenvalue weighted by atomic mass is 16.3. The first-order chi connectivity index (χ1) is 4.88. The zero-order valence-electron chi connectivity index (χ0n) is 5.79. The van der Waals surface area contributed by atoms with E-state index in [1.165, 1.54) is 12.8 Å². The molecule has 0 radical (unpaired) electrons. The number of rotatable bonds is 1. The van der Waals surface area contributed by atoms with E-state index in [4.69, 9.17) is 0 Å². The van der Waals surface area contributed by atoms with Crippen molar-refractivity contribution < 1.29 is 0 Å². The van der Waals surface area contributed by atoms with Crippen LogP contribution in [0.25, 0.3) is 0 Å². The van der Waals surface area contributed by atoms with Crippen molar-refractivity contribution in [2.75, 3.05) is 13.1 Å². The van der Waals surface area contributed by atoms with Gasteiger partial charge in [-0.2, -0.15) is 0 Å². The maximum Gasteiger partial charge on any atom is 0.0546 e. The fourth-order valence-corrected chi connectivity index (χ4v) is 1.84. The molecule has 4 heteroatoms. The van der Waals surface area contributed by atoms with E-state index in [0.717, 1.165) is 13.1 Å². The highest BCUT2D eigenvalue weighted by Gasteiger charge is 2.31. The fourth-order valence-electron chi connectivity index (χ4n) is 1.84. The van der Waals surface area contributed by atoms with E-state index >= 15 is 0 Å². The Morgan fingerprint density at radius 2 is 1.90 bits per heavy atom. The molecule has 56 valence electrons. The van der Waals surface area contributed by atoms with Crippen LogP contribution < -0.4 is 5.32 Å². The predicted octanol–water partition coefficient (Wildman–Crippen LogP) is 0.104. The molecule has 2 aliphatic heterocycles. The first-order valence-corrected chi connectivity index (χ1v) is 3.73. The van der Waals surface area contributed by atoms with Gasteiger partial charge in [0, 0.05) is 12.1 Å². The Kier molecular flexibility index (Phi) is 1.34. The normalized spacial score (nSPS) is 38.2. The first-order valence-electron chi connectivity index (χ1n) is 3.73. The van der Waals surface area contributed by atoms with Crippen LogP contribution in [0.2, 0.25) is 0 Å². The van der Waals surface area contributed by atoms with Gasteiger partial charge in [0.05, 0.1) is 18.4 Å². The topological polar surface area (TPSA) is 44.7 Å². The number of hydrogen-bond donors (Lipinski definition) is 1. The molecular weight excluding hydrogens is 130 g/mol. The van der Waals surface area contributed by atoms with Crippen molar-refractivity contribution in [2.24, 2.45) is 5.29 Å². The van der Waals surface area contributed by atoms with Gasteiger partial charge in [-0.1, -0.05) is 0 Å². The molecule has 4 nitrogen and oxygen atoms in total. The Bertz CT molecular complexity index is 138. The van der Waals surface area contributed by atoms with E-state index in [1.54, 1.807) is 5.01 Å². The van der Waals surface area contributed by atoms with E-state index in [1.807, 2.05) is 0 Å². The summed E-state index contributed by atoms with van der Waals surface area (Å²) in [5.41, 5.74) is 0. The third-order valence-corrected chi connectivity index (χ3v) is 2.31. The monoisotopic (exact) mass is 141 g/mol. The minimum absolute atomic E-state index is 0.524. The first kappa shape index (κ1) is 6.09. The summed E-state index contributed by atoms with van der Waals surface area (Å²) in [7, 11) is 0. The summed E-state index contributed by atoms with van der Waals surface area (Å²) in [5, 5.41) is 7.97. The van der Waals surface area contributed by atoms with Crippen LogP contribution in [-0.2, 0) is 0 Å². The van der Waals surface area contributed by atoms with E-state index < -0.39 is 0 Å². The van der Waals surface area contributed by atoms with Crippen LogP contribution in [0, 0.1) is 4.91 Å². The smallest absolute Gasteiger partial charge is 0.0546 e. The van der Waals surface area contributed by atoms with Crippen LogP contribution in [0.15, 0.2) is 5.29 Å². The highest BCUT2D eigenvalue weighted by Crippen LogP contribution is 2.19. The fraction of sp³-hybridized carbons (Fsp3) is 1.00.